The predicted octanol–water partition coefficient (Wildman–Crippen LogP) is 3.07. The number of aryl methyl sites for hydroxylation is 3. The number of nitrogens with zero attached hydrogens (tertiary/aromatic N) is 2. The van der Waals surface area contributed by atoms with E-state index in [0.29, 0.717) is 17.4 Å². The van der Waals surface area contributed by atoms with E-state index < -0.39 is 0 Å². The van der Waals surface area contributed by atoms with Gasteiger partial charge in [-0.3, -0.25) is 9.36 Å². The molecule has 0 bridgehead atoms. The van der Waals surface area contributed by atoms with E-state index in [1.165, 1.54) is 0 Å². The van der Waals surface area contributed by atoms with Crippen molar-refractivity contribution in [3.05, 3.63) is 62.0 Å². The maximum atomic E-state index is 12.9. The summed E-state index contributed by atoms with van der Waals surface area (Å²) in [6.07, 6.45) is 0. The highest BCUT2D eigenvalue weighted by Gasteiger charge is 2.14. The lowest BCUT2D eigenvalue weighted by atomic mass is 10.1. The molecule has 1 aromatic carbocycles. The molecule has 0 amide bonds. The van der Waals surface area contributed by atoms with Crippen LogP contribution in [0.15, 0.2) is 29.1 Å². The van der Waals surface area contributed by atoms with Crippen LogP contribution in [0.2, 0.25) is 0 Å². The Hall–Kier alpha value is -2.05. The van der Waals surface area contributed by atoms with Gasteiger partial charge in [-0.15, -0.1) is 11.3 Å². The van der Waals surface area contributed by atoms with Crippen LogP contribution in [0.5, 0.6) is 0 Å². The summed E-state index contributed by atoms with van der Waals surface area (Å²) in [4.78, 5) is 19.8. The molecule has 3 rings (SSSR count). The Kier molecular flexibility index (Phi) is 4.04. The summed E-state index contributed by atoms with van der Waals surface area (Å²) in [5.41, 5.74) is 8.50. The van der Waals surface area contributed by atoms with Gasteiger partial charge in [-0.2, -0.15) is 0 Å². The van der Waals surface area contributed by atoms with Crippen LogP contribution in [0.1, 0.15) is 27.4 Å². The highest BCUT2D eigenvalue weighted by atomic mass is 32.1. The maximum absolute atomic E-state index is 12.9. The van der Waals surface area contributed by atoms with E-state index in [9.17, 15) is 4.79 Å². The van der Waals surface area contributed by atoms with Crippen LogP contribution in [0, 0.1) is 20.8 Å². The second-order valence-electron chi connectivity index (χ2n) is 5.58. The quantitative estimate of drug-likeness (QED) is 0.743. The Morgan fingerprint density at radius 3 is 2.78 bits per heavy atom. The van der Waals surface area contributed by atoms with E-state index in [1.54, 1.807) is 15.9 Å². The number of thiophene rings is 1. The highest BCUT2D eigenvalue weighted by Crippen LogP contribution is 2.26. The number of rotatable bonds is 3. The van der Waals surface area contributed by atoms with Crippen molar-refractivity contribution < 1.29 is 0 Å². The van der Waals surface area contributed by atoms with Gasteiger partial charge in [-0.1, -0.05) is 30.4 Å². The molecule has 23 heavy (non-hydrogen) atoms. The van der Waals surface area contributed by atoms with Gasteiger partial charge in [0.15, 0.2) is 0 Å². The fraction of sp³-hybridized carbons (Fsp3) is 0.235. The lowest BCUT2D eigenvalue weighted by Gasteiger charge is -2.11. The van der Waals surface area contributed by atoms with Crippen LogP contribution in [-0.4, -0.2) is 14.5 Å². The molecule has 0 fully saturated rings. The van der Waals surface area contributed by atoms with Crippen LogP contribution in [0.3, 0.4) is 0 Å². The van der Waals surface area contributed by atoms with Crippen molar-refractivity contribution in [3.63, 3.8) is 0 Å². The molecule has 0 spiro atoms. The second-order valence-corrected chi connectivity index (χ2v) is 7.22. The lowest BCUT2D eigenvalue weighted by molar-refractivity contribution is 0.713. The van der Waals surface area contributed by atoms with Gasteiger partial charge in [0, 0.05) is 10.4 Å². The van der Waals surface area contributed by atoms with E-state index in [0.717, 1.165) is 31.8 Å². The van der Waals surface area contributed by atoms with Crippen molar-refractivity contribution in [1.29, 1.82) is 0 Å². The molecule has 0 aliphatic rings. The smallest absolute Gasteiger partial charge is 0.262 e. The molecular formula is C17H17N3OS2. The van der Waals surface area contributed by atoms with Crippen molar-refractivity contribution in [2.45, 2.75) is 27.3 Å². The summed E-state index contributed by atoms with van der Waals surface area (Å²) in [5.74, 6) is 0.712. The van der Waals surface area contributed by atoms with Crippen molar-refractivity contribution in [2.75, 3.05) is 0 Å². The van der Waals surface area contributed by atoms with E-state index in [1.807, 2.05) is 45.0 Å². The van der Waals surface area contributed by atoms with Gasteiger partial charge in [-0.05, 0) is 38.0 Å². The van der Waals surface area contributed by atoms with Gasteiger partial charge in [0.2, 0.25) is 0 Å². The normalized spacial score (nSPS) is 11.1. The van der Waals surface area contributed by atoms with Crippen molar-refractivity contribution in [2.24, 2.45) is 5.73 Å². The van der Waals surface area contributed by atoms with Gasteiger partial charge in [0.25, 0.3) is 5.56 Å². The number of aromatic nitrogens is 2. The van der Waals surface area contributed by atoms with Crippen molar-refractivity contribution in [1.82, 2.24) is 9.55 Å². The van der Waals surface area contributed by atoms with E-state index in [2.05, 4.69) is 4.98 Å². The molecule has 6 heteroatoms. The molecule has 2 N–H and O–H groups in total. The molecule has 2 heterocycles. The van der Waals surface area contributed by atoms with Crippen LogP contribution in [0.4, 0.5) is 0 Å². The Balaban J connectivity index is 2.13. The first-order valence-corrected chi connectivity index (χ1v) is 8.47. The lowest BCUT2D eigenvalue weighted by Crippen LogP contribution is -2.24. The average molecular weight is 343 g/mol. The standard InChI is InChI=1S/C17H17N3OS2/c1-9-10(2)23-16-14(9)17(21)20(11(3)19-16)8-12-5-4-6-13(7-12)15(18)22/h4-7H,8H2,1-3H3,(H2,18,22). The minimum absolute atomic E-state index is 0.00933. The zero-order valence-corrected chi connectivity index (χ0v) is 14.8. The molecule has 2 aromatic heterocycles. The molecule has 4 nitrogen and oxygen atoms in total. The van der Waals surface area contributed by atoms with Crippen molar-refractivity contribution >= 4 is 38.8 Å². The van der Waals surface area contributed by atoms with Crippen LogP contribution in [0.25, 0.3) is 10.2 Å². The fourth-order valence-electron chi connectivity index (χ4n) is 2.62. The molecule has 3 aromatic rings. The summed E-state index contributed by atoms with van der Waals surface area (Å²) < 4.78 is 1.71. The summed E-state index contributed by atoms with van der Waals surface area (Å²) >= 11 is 6.59. The van der Waals surface area contributed by atoms with Crippen molar-refractivity contribution in [3.8, 4) is 0 Å². The molecule has 0 unspecified atom stereocenters. The largest absolute Gasteiger partial charge is 0.389 e. The zero-order valence-electron chi connectivity index (χ0n) is 13.2. The first-order chi connectivity index (χ1) is 10.9. The molecule has 0 atom stereocenters. The third-order valence-corrected chi connectivity index (χ3v) is 5.37. The topological polar surface area (TPSA) is 60.9 Å². The molecular weight excluding hydrogens is 326 g/mol. The summed E-state index contributed by atoms with van der Waals surface area (Å²) in [6.45, 7) is 6.32. The second kappa shape index (κ2) is 5.86. The highest BCUT2D eigenvalue weighted by molar-refractivity contribution is 7.80. The van der Waals surface area contributed by atoms with Gasteiger partial charge < -0.3 is 5.73 Å². The first kappa shape index (κ1) is 15.8. The Morgan fingerprint density at radius 2 is 2.09 bits per heavy atom. The summed E-state index contributed by atoms with van der Waals surface area (Å²) in [6, 6.07) is 7.65. The Labute approximate surface area is 143 Å². The Morgan fingerprint density at radius 1 is 1.35 bits per heavy atom. The van der Waals surface area contributed by atoms with Gasteiger partial charge in [0.05, 0.1) is 11.9 Å². The SMILES string of the molecule is Cc1sc2nc(C)n(Cc3cccc(C(N)=S)c3)c(=O)c2c1C. The first-order valence-electron chi connectivity index (χ1n) is 7.24. The van der Waals surface area contributed by atoms with Gasteiger partial charge in [0.1, 0.15) is 15.6 Å². The fourth-order valence-corrected chi connectivity index (χ4v) is 3.81. The maximum Gasteiger partial charge on any atom is 0.262 e. The zero-order chi connectivity index (χ0) is 16.7. The average Bonchev–Trinajstić information content (AvgIpc) is 2.78. The number of hydrogen-bond acceptors (Lipinski definition) is 4. The van der Waals surface area contributed by atoms with Crippen LogP contribution < -0.4 is 11.3 Å². The van der Waals surface area contributed by atoms with E-state index in [4.69, 9.17) is 18.0 Å². The third kappa shape index (κ3) is 2.80. The molecule has 0 saturated heterocycles. The van der Waals surface area contributed by atoms with E-state index >= 15 is 0 Å². The third-order valence-electron chi connectivity index (χ3n) is 4.03. The summed E-state index contributed by atoms with van der Waals surface area (Å²) in [5, 5.41) is 0.726. The molecule has 118 valence electrons. The summed E-state index contributed by atoms with van der Waals surface area (Å²) in [7, 11) is 0. The molecule has 0 saturated carbocycles. The van der Waals surface area contributed by atoms with E-state index in [-0.39, 0.29) is 5.56 Å². The minimum atomic E-state index is 0.00933. The molecule has 0 radical (unpaired) electrons. The monoisotopic (exact) mass is 343 g/mol. The number of nitrogens with two attached hydrogens (primary N) is 1. The number of thiocarbonyl (C=S) groups is 1. The number of fused-ring (bicyclic) bond motifs is 1. The minimum Gasteiger partial charge on any atom is -0.389 e. The Bertz CT molecular complexity index is 985. The van der Waals surface area contributed by atoms with Crippen LogP contribution >= 0.6 is 23.6 Å². The van der Waals surface area contributed by atoms with Gasteiger partial charge in [-0.25, -0.2) is 4.98 Å². The van der Waals surface area contributed by atoms with Gasteiger partial charge >= 0.3 is 0 Å². The van der Waals surface area contributed by atoms with Crippen LogP contribution in [-0.2, 0) is 6.54 Å². The molecule has 0 aliphatic carbocycles. The number of hydrogen-bond donors (Lipinski definition) is 1. The predicted molar refractivity (Wildman–Crippen MR) is 99.5 cm³/mol. The molecule has 0 aliphatic heterocycles. The number of benzene rings is 1.